The highest BCUT2D eigenvalue weighted by Crippen LogP contribution is 2.53. The van der Waals surface area contributed by atoms with Crippen LogP contribution in [0, 0.1) is 35.3 Å². The summed E-state index contributed by atoms with van der Waals surface area (Å²) in [6.07, 6.45) is 4.73. The zero-order valence-electron chi connectivity index (χ0n) is 13.2. The van der Waals surface area contributed by atoms with E-state index >= 15 is 0 Å². The second-order valence-electron chi connectivity index (χ2n) is 7.21. The Bertz CT molecular complexity index is 667. The maximum absolute atomic E-state index is 13.5. The van der Waals surface area contributed by atoms with E-state index in [2.05, 4.69) is 5.10 Å². The summed E-state index contributed by atoms with van der Waals surface area (Å²) in [5.74, 6) is -0.456. The van der Waals surface area contributed by atoms with Crippen LogP contribution >= 0.6 is 0 Å². The van der Waals surface area contributed by atoms with Gasteiger partial charge in [-0.1, -0.05) is 0 Å². The van der Waals surface area contributed by atoms with Gasteiger partial charge >= 0.3 is 0 Å². The summed E-state index contributed by atoms with van der Waals surface area (Å²) in [7, 11) is 0. The van der Waals surface area contributed by atoms with Crippen LogP contribution in [-0.2, 0) is 4.79 Å². The fourth-order valence-electron chi connectivity index (χ4n) is 4.50. The van der Waals surface area contributed by atoms with Gasteiger partial charge in [0.05, 0.1) is 6.04 Å². The van der Waals surface area contributed by atoms with Gasteiger partial charge < -0.3 is 5.11 Å². The van der Waals surface area contributed by atoms with Crippen LogP contribution in [0.5, 0.6) is 0 Å². The number of hydrogen-bond acceptors (Lipinski definition) is 3. The van der Waals surface area contributed by atoms with E-state index in [9.17, 15) is 18.7 Å². The third kappa shape index (κ3) is 2.53. The number of aliphatic hydroxyl groups is 1. The second kappa shape index (κ2) is 5.92. The molecular weight excluding hydrogens is 314 g/mol. The number of fused-ring (bicyclic) bond motifs is 2. The predicted molar refractivity (Wildman–Crippen MR) is 84.0 cm³/mol. The number of rotatable bonds is 3. The Morgan fingerprint density at radius 2 is 1.88 bits per heavy atom. The highest BCUT2D eigenvalue weighted by molar-refractivity contribution is 5.82. The van der Waals surface area contributed by atoms with E-state index in [-0.39, 0.29) is 24.3 Å². The van der Waals surface area contributed by atoms with E-state index in [0.29, 0.717) is 30.2 Å². The fraction of sp³-hybridized carbons (Fsp3) is 0.556. The monoisotopic (exact) mass is 334 g/mol. The van der Waals surface area contributed by atoms with Crippen molar-refractivity contribution in [2.75, 3.05) is 6.61 Å². The lowest BCUT2D eigenvalue weighted by Crippen LogP contribution is -2.49. The zero-order chi connectivity index (χ0) is 16.8. The second-order valence-corrected chi connectivity index (χ2v) is 7.21. The maximum atomic E-state index is 13.5. The number of hydrazone groups is 1. The van der Waals surface area contributed by atoms with Gasteiger partial charge in [0.25, 0.3) is 0 Å². The quantitative estimate of drug-likeness (QED) is 0.924. The Labute approximate surface area is 139 Å². The highest BCUT2D eigenvalue weighted by Gasteiger charge is 2.50. The van der Waals surface area contributed by atoms with E-state index in [4.69, 9.17) is 0 Å². The molecule has 0 radical (unpaired) electrons. The lowest BCUT2D eigenvalue weighted by Gasteiger charge is -2.50. The minimum Gasteiger partial charge on any atom is -0.396 e. The van der Waals surface area contributed by atoms with Crippen molar-refractivity contribution in [2.45, 2.75) is 31.7 Å². The summed E-state index contributed by atoms with van der Waals surface area (Å²) in [5, 5.41) is 15.1. The lowest BCUT2D eigenvalue weighted by molar-refractivity contribution is -0.148. The number of hydrogen-bond donors (Lipinski definition) is 1. The van der Waals surface area contributed by atoms with E-state index in [0.717, 1.165) is 18.9 Å². The Morgan fingerprint density at radius 1 is 1.17 bits per heavy atom. The molecule has 4 nitrogen and oxygen atoms in total. The third-order valence-electron chi connectivity index (χ3n) is 5.88. The van der Waals surface area contributed by atoms with Gasteiger partial charge in [0.1, 0.15) is 11.6 Å². The van der Waals surface area contributed by atoms with Crippen molar-refractivity contribution in [1.29, 1.82) is 0 Å². The van der Waals surface area contributed by atoms with Gasteiger partial charge in [-0.05, 0) is 54.7 Å². The maximum Gasteiger partial charge on any atom is 0.246 e. The van der Waals surface area contributed by atoms with Gasteiger partial charge in [0.2, 0.25) is 5.91 Å². The zero-order valence-corrected chi connectivity index (χ0v) is 13.2. The molecule has 1 aromatic carbocycles. The van der Waals surface area contributed by atoms with Crippen molar-refractivity contribution in [1.82, 2.24) is 5.01 Å². The molecule has 2 unspecified atom stereocenters. The highest BCUT2D eigenvalue weighted by atomic mass is 19.1. The summed E-state index contributed by atoms with van der Waals surface area (Å²) in [6.45, 7) is 0.114. The molecule has 4 aliphatic rings. The van der Waals surface area contributed by atoms with Crippen LogP contribution in [0.4, 0.5) is 8.78 Å². The molecule has 1 amide bonds. The first-order valence-corrected chi connectivity index (χ1v) is 8.49. The van der Waals surface area contributed by atoms with Gasteiger partial charge in [-0.25, -0.2) is 13.8 Å². The first kappa shape index (κ1) is 15.7. The van der Waals surface area contributed by atoms with Crippen LogP contribution in [-0.4, -0.2) is 28.8 Å². The van der Waals surface area contributed by atoms with Crippen molar-refractivity contribution in [2.24, 2.45) is 28.8 Å². The first-order valence-electron chi connectivity index (χ1n) is 8.49. The molecule has 1 heterocycles. The number of carbonyl (C=O) groups is 1. The number of aliphatic hydroxyl groups excluding tert-OH is 1. The first-order chi connectivity index (χ1) is 11.6. The van der Waals surface area contributed by atoms with E-state index in [1.54, 1.807) is 6.21 Å². The van der Waals surface area contributed by atoms with Gasteiger partial charge in [0, 0.05) is 31.2 Å². The molecule has 2 bridgehead atoms. The molecule has 3 fully saturated rings. The largest absolute Gasteiger partial charge is 0.396 e. The molecule has 0 saturated heterocycles. The Hall–Kier alpha value is -1.82. The molecule has 3 saturated carbocycles. The molecule has 24 heavy (non-hydrogen) atoms. The smallest absolute Gasteiger partial charge is 0.246 e. The van der Waals surface area contributed by atoms with Crippen LogP contribution in [0.15, 0.2) is 23.3 Å². The van der Waals surface area contributed by atoms with Crippen LogP contribution in [0.1, 0.15) is 37.3 Å². The van der Waals surface area contributed by atoms with Crippen LogP contribution in [0.2, 0.25) is 0 Å². The van der Waals surface area contributed by atoms with Crippen molar-refractivity contribution in [3.05, 3.63) is 35.4 Å². The third-order valence-corrected chi connectivity index (χ3v) is 5.88. The summed E-state index contributed by atoms with van der Waals surface area (Å²) >= 11 is 0. The number of carbonyl (C=O) groups excluding carboxylic acids is 1. The van der Waals surface area contributed by atoms with E-state index < -0.39 is 17.7 Å². The van der Waals surface area contributed by atoms with Crippen molar-refractivity contribution in [3.63, 3.8) is 0 Å². The molecule has 1 aliphatic heterocycles. The number of halogens is 2. The average Bonchev–Trinajstić information content (AvgIpc) is 3.01. The lowest BCUT2D eigenvalue weighted by atomic mass is 9.55. The van der Waals surface area contributed by atoms with Gasteiger partial charge in [0.15, 0.2) is 0 Å². The molecule has 0 spiro atoms. The molecule has 3 aliphatic carbocycles. The molecule has 0 aromatic heterocycles. The molecule has 128 valence electrons. The van der Waals surface area contributed by atoms with Crippen molar-refractivity contribution >= 4 is 12.1 Å². The average molecular weight is 334 g/mol. The topological polar surface area (TPSA) is 52.9 Å². The Morgan fingerprint density at radius 3 is 2.54 bits per heavy atom. The summed E-state index contributed by atoms with van der Waals surface area (Å²) < 4.78 is 27.0. The molecule has 6 heteroatoms. The Balaban J connectivity index is 1.56. The molecule has 1 aromatic rings. The molecule has 3 atom stereocenters. The van der Waals surface area contributed by atoms with Crippen LogP contribution < -0.4 is 0 Å². The standard InChI is InChI=1S/C18H20F2N2O2/c19-14-5-12(6-15(20)8-14)17-1-2-21-22(17)18(24)16-7-13(9-23)10-3-11(16)4-10/h2,5-6,8,10-11,13,16-17,23H,1,3-4,7,9H2/t10?,11?,13?,16-,17?/m0/s1. The Kier molecular flexibility index (Phi) is 3.87. The number of nitrogens with zero attached hydrogens (tertiary/aromatic N) is 2. The van der Waals surface area contributed by atoms with Crippen molar-refractivity contribution in [3.8, 4) is 0 Å². The fourth-order valence-corrected chi connectivity index (χ4v) is 4.50. The van der Waals surface area contributed by atoms with Crippen LogP contribution in [0.25, 0.3) is 0 Å². The predicted octanol–water partition coefficient (Wildman–Crippen LogP) is 2.88. The van der Waals surface area contributed by atoms with Gasteiger partial charge in [-0.3, -0.25) is 4.79 Å². The molecular formula is C18H20F2N2O2. The normalized spacial score (nSPS) is 34.3. The SMILES string of the molecule is O=C([C@H]1CC(CO)C2CC1C2)N1N=CCC1c1cc(F)cc(F)c1. The van der Waals surface area contributed by atoms with Gasteiger partial charge in [-0.15, -0.1) is 0 Å². The van der Waals surface area contributed by atoms with Crippen LogP contribution in [0.3, 0.4) is 0 Å². The van der Waals surface area contributed by atoms with Gasteiger partial charge in [-0.2, -0.15) is 5.10 Å². The molecule has 1 N–H and O–H groups in total. The van der Waals surface area contributed by atoms with E-state index in [1.165, 1.54) is 17.1 Å². The number of benzene rings is 1. The summed E-state index contributed by atoms with van der Waals surface area (Å²) in [5.41, 5.74) is 0.430. The summed E-state index contributed by atoms with van der Waals surface area (Å²) in [6, 6.07) is 2.90. The minimum absolute atomic E-state index is 0.0833. The van der Waals surface area contributed by atoms with Crippen molar-refractivity contribution < 1.29 is 18.7 Å². The summed E-state index contributed by atoms with van der Waals surface area (Å²) in [4.78, 5) is 13.0. The van der Waals surface area contributed by atoms with E-state index in [1.807, 2.05) is 0 Å². The number of amides is 1. The molecule has 5 rings (SSSR count). The minimum atomic E-state index is -0.649.